The molecule has 1 amide bonds. The highest BCUT2D eigenvalue weighted by molar-refractivity contribution is 6.46. The maximum Gasteiger partial charge on any atom is 0.295 e. The number of benzene rings is 2. The molecule has 0 unspecified atom stereocenters. The van der Waals surface area contributed by atoms with E-state index in [0.29, 0.717) is 12.1 Å². The van der Waals surface area contributed by atoms with Crippen molar-refractivity contribution in [2.75, 3.05) is 27.2 Å². The van der Waals surface area contributed by atoms with Gasteiger partial charge >= 0.3 is 0 Å². The number of aliphatic hydroxyl groups is 1. The molecule has 0 spiro atoms. The lowest BCUT2D eigenvalue weighted by atomic mass is 9.94. The molecule has 0 aliphatic carbocycles. The Morgan fingerprint density at radius 3 is 2.28 bits per heavy atom. The molecule has 1 aliphatic heterocycles. The largest absolute Gasteiger partial charge is 0.507 e. The van der Waals surface area contributed by atoms with Crippen molar-refractivity contribution >= 4 is 17.4 Å². The summed E-state index contributed by atoms with van der Waals surface area (Å²) in [5.41, 5.74) is 2.16. The molecule has 2 aromatic rings. The molecule has 3 rings (SSSR count). The molecule has 0 aromatic heterocycles. The van der Waals surface area contributed by atoms with Gasteiger partial charge in [-0.25, -0.2) is 4.39 Å². The predicted octanol–water partition coefficient (Wildman–Crippen LogP) is 2.09. The van der Waals surface area contributed by atoms with Crippen LogP contribution in [0.3, 0.4) is 0 Å². The van der Waals surface area contributed by atoms with E-state index in [4.69, 9.17) is 0 Å². The van der Waals surface area contributed by atoms with E-state index in [1.165, 1.54) is 34.1 Å². The number of ketones is 1. The lowest BCUT2D eigenvalue weighted by molar-refractivity contribution is -0.858. The molecular weight excluding hydrogens is 371 g/mol. The second-order valence-corrected chi connectivity index (χ2v) is 7.72. The van der Waals surface area contributed by atoms with E-state index >= 15 is 0 Å². The molecule has 152 valence electrons. The second-order valence-electron chi connectivity index (χ2n) is 7.72. The molecule has 0 saturated carbocycles. The quantitative estimate of drug-likeness (QED) is 0.446. The van der Waals surface area contributed by atoms with Gasteiger partial charge in [0, 0.05) is 18.5 Å². The minimum absolute atomic E-state index is 0.0441. The summed E-state index contributed by atoms with van der Waals surface area (Å²) in [5, 5.41) is 10.9. The van der Waals surface area contributed by atoms with Gasteiger partial charge in [-0.3, -0.25) is 9.59 Å². The first-order valence-electron chi connectivity index (χ1n) is 9.69. The van der Waals surface area contributed by atoms with Crippen LogP contribution in [0.5, 0.6) is 0 Å². The number of nitrogens with one attached hydrogen (secondary N) is 1. The monoisotopic (exact) mass is 397 g/mol. The number of Topliss-reactive ketones (excluding diaryl/α,β-unsaturated/α-hetero) is 1. The van der Waals surface area contributed by atoms with Crippen LogP contribution >= 0.6 is 0 Å². The van der Waals surface area contributed by atoms with Gasteiger partial charge in [0.05, 0.1) is 32.3 Å². The molecule has 0 radical (unpaired) electrons. The Morgan fingerprint density at radius 1 is 1.07 bits per heavy atom. The summed E-state index contributed by atoms with van der Waals surface area (Å²) >= 11 is 0. The van der Waals surface area contributed by atoms with Crippen molar-refractivity contribution in [3.05, 3.63) is 76.6 Å². The Balaban J connectivity index is 2.07. The average Bonchev–Trinajstić information content (AvgIpc) is 2.93. The Morgan fingerprint density at radius 2 is 1.69 bits per heavy atom. The molecule has 1 aliphatic rings. The average molecular weight is 397 g/mol. The molecule has 2 N–H and O–H groups in total. The zero-order valence-electron chi connectivity index (χ0n) is 16.9. The SMILES string of the molecule is Cc1ccc([C@@H]2C(=C(O)c3ccc(F)cc3)C(=O)C(=O)N2CCC[NH+](C)C)cc1. The summed E-state index contributed by atoms with van der Waals surface area (Å²) in [6.45, 7) is 3.22. The van der Waals surface area contributed by atoms with Crippen LogP contribution in [0.15, 0.2) is 54.1 Å². The van der Waals surface area contributed by atoms with Crippen molar-refractivity contribution in [3.63, 3.8) is 0 Å². The van der Waals surface area contributed by atoms with E-state index in [-0.39, 0.29) is 11.3 Å². The summed E-state index contributed by atoms with van der Waals surface area (Å²) in [7, 11) is 4.06. The van der Waals surface area contributed by atoms with Crippen LogP contribution in [0.2, 0.25) is 0 Å². The zero-order valence-corrected chi connectivity index (χ0v) is 16.9. The summed E-state index contributed by atoms with van der Waals surface area (Å²) < 4.78 is 13.3. The normalized spacial score (nSPS) is 18.7. The van der Waals surface area contributed by atoms with Gasteiger partial charge in [-0.05, 0) is 36.8 Å². The molecular formula is C23H26FN2O3+. The third-order valence-electron chi connectivity index (χ3n) is 5.13. The summed E-state index contributed by atoms with van der Waals surface area (Å²) in [5.74, 6) is -2.06. The van der Waals surface area contributed by atoms with Crippen molar-refractivity contribution < 1.29 is 24.0 Å². The van der Waals surface area contributed by atoms with Crippen LogP contribution in [0, 0.1) is 12.7 Å². The van der Waals surface area contributed by atoms with Crippen LogP contribution in [0.1, 0.15) is 29.2 Å². The lowest BCUT2D eigenvalue weighted by Gasteiger charge is -2.25. The fourth-order valence-corrected chi connectivity index (χ4v) is 3.57. The van der Waals surface area contributed by atoms with Gasteiger partial charge in [0.15, 0.2) is 0 Å². The molecule has 1 atom stereocenters. The highest BCUT2D eigenvalue weighted by atomic mass is 19.1. The van der Waals surface area contributed by atoms with Crippen molar-refractivity contribution in [2.24, 2.45) is 0 Å². The minimum Gasteiger partial charge on any atom is -0.507 e. The number of nitrogens with zero attached hydrogens (tertiary/aromatic N) is 1. The molecule has 29 heavy (non-hydrogen) atoms. The van der Waals surface area contributed by atoms with Gasteiger partial charge in [0.2, 0.25) is 0 Å². The van der Waals surface area contributed by atoms with Gasteiger partial charge in [0.1, 0.15) is 11.6 Å². The molecule has 5 nitrogen and oxygen atoms in total. The highest BCUT2D eigenvalue weighted by Gasteiger charge is 2.45. The topological polar surface area (TPSA) is 62.0 Å². The highest BCUT2D eigenvalue weighted by Crippen LogP contribution is 2.39. The number of aryl methyl sites for hydroxylation is 1. The molecule has 0 bridgehead atoms. The Hall–Kier alpha value is -2.99. The molecule has 6 heteroatoms. The summed E-state index contributed by atoms with van der Waals surface area (Å²) in [6.07, 6.45) is 0.730. The van der Waals surface area contributed by atoms with Crippen LogP contribution in [-0.2, 0) is 9.59 Å². The van der Waals surface area contributed by atoms with Crippen molar-refractivity contribution in [1.29, 1.82) is 0 Å². The number of rotatable bonds is 6. The summed E-state index contributed by atoms with van der Waals surface area (Å²) in [6, 6.07) is 12.1. The van der Waals surface area contributed by atoms with Crippen molar-refractivity contribution in [2.45, 2.75) is 19.4 Å². The standard InChI is InChI=1S/C23H25FN2O3/c1-15-5-7-16(8-6-15)20-19(21(27)17-9-11-18(24)12-10-17)22(28)23(29)26(20)14-4-13-25(2)3/h5-12,20,27H,4,13-14H2,1-3H3/p+1/t20-/m1/s1. The first-order chi connectivity index (χ1) is 13.8. The van der Waals surface area contributed by atoms with Gasteiger partial charge in [-0.15, -0.1) is 0 Å². The van der Waals surface area contributed by atoms with Crippen molar-refractivity contribution in [1.82, 2.24) is 4.90 Å². The maximum atomic E-state index is 13.3. The number of likely N-dealkylation sites (tertiary alicyclic amines) is 1. The van der Waals surface area contributed by atoms with E-state index < -0.39 is 23.5 Å². The zero-order chi connectivity index (χ0) is 21.1. The number of carbonyl (C=O) groups excluding carboxylic acids is 2. The Bertz CT molecular complexity index is 934. The van der Waals surface area contributed by atoms with Crippen LogP contribution in [-0.4, -0.2) is 48.9 Å². The van der Waals surface area contributed by atoms with Crippen LogP contribution in [0.25, 0.3) is 5.76 Å². The number of hydrogen-bond acceptors (Lipinski definition) is 3. The number of hydrogen-bond donors (Lipinski definition) is 2. The van der Waals surface area contributed by atoms with Gasteiger partial charge in [0.25, 0.3) is 11.7 Å². The van der Waals surface area contributed by atoms with E-state index in [9.17, 15) is 19.1 Å². The summed E-state index contributed by atoms with van der Waals surface area (Å²) in [4.78, 5) is 28.4. The van der Waals surface area contributed by atoms with Crippen LogP contribution < -0.4 is 4.90 Å². The van der Waals surface area contributed by atoms with Gasteiger partial charge < -0.3 is 14.9 Å². The second kappa shape index (κ2) is 8.57. The fourth-order valence-electron chi connectivity index (χ4n) is 3.57. The predicted molar refractivity (Wildman–Crippen MR) is 109 cm³/mol. The third kappa shape index (κ3) is 4.38. The van der Waals surface area contributed by atoms with E-state index in [2.05, 4.69) is 0 Å². The molecule has 2 aromatic carbocycles. The number of halogens is 1. The first kappa shape index (κ1) is 20.7. The number of amides is 1. The van der Waals surface area contributed by atoms with Crippen LogP contribution in [0.4, 0.5) is 4.39 Å². The smallest absolute Gasteiger partial charge is 0.295 e. The van der Waals surface area contributed by atoms with E-state index in [1.54, 1.807) is 0 Å². The Labute approximate surface area is 170 Å². The fraction of sp³-hybridized carbons (Fsp3) is 0.304. The maximum absolute atomic E-state index is 13.3. The lowest BCUT2D eigenvalue weighted by Crippen LogP contribution is -3.05. The Kier molecular flexibility index (Phi) is 6.13. The van der Waals surface area contributed by atoms with Gasteiger partial charge in [-0.2, -0.15) is 0 Å². The third-order valence-corrected chi connectivity index (χ3v) is 5.13. The number of aliphatic hydroxyl groups excluding tert-OH is 1. The number of carbonyl (C=O) groups is 2. The molecule has 1 fully saturated rings. The molecule has 1 saturated heterocycles. The first-order valence-corrected chi connectivity index (χ1v) is 9.69. The molecule has 1 heterocycles. The van der Waals surface area contributed by atoms with E-state index in [0.717, 1.165) is 24.1 Å². The minimum atomic E-state index is -0.713. The van der Waals surface area contributed by atoms with Gasteiger partial charge in [-0.1, -0.05) is 29.8 Å². The van der Waals surface area contributed by atoms with E-state index in [1.807, 2.05) is 45.3 Å². The van der Waals surface area contributed by atoms with Crippen molar-refractivity contribution in [3.8, 4) is 0 Å². The number of quaternary nitrogens is 1.